The van der Waals surface area contributed by atoms with Gasteiger partial charge in [-0.15, -0.1) is 12.4 Å². The monoisotopic (exact) mass is 528 g/mol. The normalized spacial score (nSPS) is 18.4. The minimum absolute atomic E-state index is 0. The molecule has 36 heavy (non-hydrogen) atoms. The summed E-state index contributed by atoms with van der Waals surface area (Å²) in [6.45, 7) is 0.510. The van der Waals surface area contributed by atoms with E-state index in [4.69, 9.17) is 28.1 Å². The minimum atomic E-state index is -0.0706. The second-order valence-electron chi connectivity index (χ2n) is 8.88. The van der Waals surface area contributed by atoms with Crippen molar-refractivity contribution >= 4 is 46.9 Å². The second kappa shape index (κ2) is 11.8. The Bertz CT molecular complexity index is 1290. The molecule has 1 saturated carbocycles. The Kier molecular flexibility index (Phi) is 8.52. The fourth-order valence-corrected chi connectivity index (χ4v) is 4.65. The number of hydrogen-bond donors (Lipinski definition) is 5. The van der Waals surface area contributed by atoms with Crippen LogP contribution in [0.1, 0.15) is 43.7 Å². The molecule has 0 saturated heterocycles. The van der Waals surface area contributed by atoms with Crippen molar-refractivity contribution in [3.8, 4) is 11.4 Å². The van der Waals surface area contributed by atoms with Gasteiger partial charge >= 0.3 is 0 Å². The molecular weight excluding hydrogens is 499 g/mol. The molecule has 3 heterocycles. The van der Waals surface area contributed by atoms with Crippen molar-refractivity contribution in [2.24, 2.45) is 11.5 Å². The van der Waals surface area contributed by atoms with E-state index in [-0.39, 0.29) is 18.4 Å². The lowest BCUT2D eigenvalue weighted by atomic mass is 9.92. The molecule has 5 rings (SSSR count). The summed E-state index contributed by atoms with van der Waals surface area (Å²) in [5.74, 6) is 1.06. The molecule has 10 nitrogen and oxygen atoms in total. The largest absolute Gasteiger partial charge is 0.351 e. The summed E-state index contributed by atoms with van der Waals surface area (Å²) in [7, 11) is 0. The predicted molar refractivity (Wildman–Crippen MR) is 145 cm³/mol. The van der Waals surface area contributed by atoms with Crippen LogP contribution in [0.2, 0.25) is 5.02 Å². The molecule has 12 heteroatoms. The number of nitrogens with zero attached hydrogens (tertiary/aromatic N) is 5. The summed E-state index contributed by atoms with van der Waals surface area (Å²) in [5.41, 5.74) is 14.9. The number of nitrogens with one attached hydrogen (secondary N) is 3. The van der Waals surface area contributed by atoms with Crippen LogP contribution in [-0.4, -0.2) is 48.8 Å². The van der Waals surface area contributed by atoms with Crippen LogP contribution in [0, 0.1) is 0 Å². The minimum Gasteiger partial charge on any atom is -0.351 e. The number of benzene rings is 1. The highest BCUT2D eigenvalue weighted by Gasteiger charge is 2.20. The zero-order valence-corrected chi connectivity index (χ0v) is 21.3. The van der Waals surface area contributed by atoms with Crippen LogP contribution < -0.4 is 22.1 Å². The summed E-state index contributed by atoms with van der Waals surface area (Å²) in [6.07, 6.45) is 8.25. The molecule has 4 aromatic rings. The van der Waals surface area contributed by atoms with E-state index in [2.05, 4.69) is 35.8 Å². The molecule has 190 valence electrons. The number of anilines is 2. The van der Waals surface area contributed by atoms with E-state index < -0.39 is 0 Å². The smallest absolute Gasteiger partial charge is 0.224 e. The molecule has 3 aromatic heterocycles. The summed E-state index contributed by atoms with van der Waals surface area (Å²) >= 11 is 6.19. The fraction of sp³-hybridized carbons (Fsp3) is 0.375. The maximum atomic E-state index is 6.19. The van der Waals surface area contributed by atoms with Crippen molar-refractivity contribution in [3.63, 3.8) is 0 Å². The van der Waals surface area contributed by atoms with E-state index in [0.29, 0.717) is 53.3 Å². The van der Waals surface area contributed by atoms with Crippen LogP contribution in [-0.2, 0) is 0 Å². The van der Waals surface area contributed by atoms with Crippen molar-refractivity contribution in [1.29, 1.82) is 0 Å². The number of halogens is 2. The Morgan fingerprint density at radius 2 is 1.92 bits per heavy atom. The predicted octanol–water partition coefficient (Wildman–Crippen LogP) is 4.07. The highest BCUT2D eigenvalue weighted by Crippen LogP contribution is 2.27. The van der Waals surface area contributed by atoms with Gasteiger partial charge in [0.2, 0.25) is 11.9 Å². The fourth-order valence-electron chi connectivity index (χ4n) is 4.45. The van der Waals surface area contributed by atoms with Crippen LogP contribution in [0.3, 0.4) is 0 Å². The number of hydrogen-bond acceptors (Lipinski definition) is 9. The Hall–Kier alpha value is -3.05. The number of aromatic nitrogens is 6. The molecule has 0 amide bonds. The zero-order valence-electron chi connectivity index (χ0n) is 19.7. The van der Waals surface area contributed by atoms with Crippen LogP contribution in [0.5, 0.6) is 0 Å². The second-order valence-corrected chi connectivity index (χ2v) is 9.32. The van der Waals surface area contributed by atoms with Gasteiger partial charge in [-0.2, -0.15) is 10.1 Å². The third-order valence-electron chi connectivity index (χ3n) is 6.34. The van der Waals surface area contributed by atoms with E-state index in [1.165, 1.54) is 0 Å². The highest BCUT2D eigenvalue weighted by atomic mass is 35.5. The van der Waals surface area contributed by atoms with Gasteiger partial charge in [0.05, 0.1) is 22.8 Å². The van der Waals surface area contributed by atoms with Gasteiger partial charge in [-0.05, 0) is 62.4 Å². The van der Waals surface area contributed by atoms with Crippen molar-refractivity contribution in [1.82, 2.24) is 30.1 Å². The Balaban J connectivity index is 0.00000304. The first-order valence-corrected chi connectivity index (χ1v) is 12.3. The van der Waals surface area contributed by atoms with Gasteiger partial charge in [-0.1, -0.05) is 23.7 Å². The topological polar surface area (TPSA) is 156 Å². The van der Waals surface area contributed by atoms with Crippen LogP contribution >= 0.6 is 24.0 Å². The first-order chi connectivity index (χ1) is 17.1. The van der Waals surface area contributed by atoms with Crippen LogP contribution in [0.4, 0.5) is 11.9 Å². The standard InChI is InChI=1S/C24H29ClN10.ClH/c25-15-3-1-2-14(12-15)19(8-10-26)31-23-28-11-9-20(32-23)21-18-13-29-24(33-22(18)35-34-21)30-17-6-4-16(27)5-7-17;/h1-3,9,11-13,16-17,19H,4-8,10,26-27H2,(H,28,31,32)(H2,29,30,33,34,35);1H. The van der Waals surface area contributed by atoms with Crippen molar-refractivity contribution in [3.05, 3.63) is 53.3 Å². The van der Waals surface area contributed by atoms with Crippen LogP contribution in [0.15, 0.2) is 42.7 Å². The number of fused-ring (bicyclic) bond motifs is 1. The molecule has 0 radical (unpaired) electrons. The molecule has 1 aliphatic carbocycles. The van der Waals surface area contributed by atoms with E-state index in [1.54, 1.807) is 12.4 Å². The number of rotatable bonds is 8. The lowest BCUT2D eigenvalue weighted by Crippen LogP contribution is -2.33. The Morgan fingerprint density at radius 3 is 2.69 bits per heavy atom. The molecule has 1 fully saturated rings. The van der Waals surface area contributed by atoms with E-state index in [9.17, 15) is 0 Å². The summed E-state index contributed by atoms with van der Waals surface area (Å²) in [5, 5.41) is 15.7. The third kappa shape index (κ3) is 6.01. The van der Waals surface area contributed by atoms with Gasteiger partial charge < -0.3 is 22.1 Å². The Morgan fingerprint density at radius 1 is 1.08 bits per heavy atom. The molecule has 1 unspecified atom stereocenters. The number of nitrogens with two attached hydrogens (primary N) is 2. The van der Waals surface area contributed by atoms with E-state index in [0.717, 1.165) is 42.3 Å². The summed E-state index contributed by atoms with van der Waals surface area (Å²) < 4.78 is 0. The molecule has 7 N–H and O–H groups in total. The van der Waals surface area contributed by atoms with Gasteiger partial charge in [0.25, 0.3) is 0 Å². The maximum absolute atomic E-state index is 6.19. The van der Waals surface area contributed by atoms with Gasteiger partial charge in [0, 0.05) is 29.5 Å². The molecular formula is C24H30Cl2N10. The van der Waals surface area contributed by atoms with E-state index in [1.807, 2.05) is 30.3 Å². The first-order valence-electron chi connectivity index (χ1n) is 11.9. The molecule has 0 aliphatic heterocycles. The summed E-state index contributed by atoms with van der Waals surface area (Å²) in [6, 6.07) is 10.1. The van der Waals surface area contributed by atoms with Crippen molar-refractivity contribution in [2.75, 3.05) is 17.2 Å². The first kappa shape index (κ1) is 26.0. The van der Waals surface area contributed by atoms with Gasteiger partial charge in [-0.3, -0.25) is 5.10 Å². The van der Waals surface area contributed by atoms with E-state index >= 15 is 0 Å². The quantitative estimate of drug-likeness (QED) is 0.227. The molecule has 0 spiro atoms. The third-order valence-corrected chi connectivity index (χ3v) is 6.57. The van der Waals surface area contributed by atoms with Crippen molar-refractivity contribution < 1.29 is 0 Å². The average Bonchev–Trinajstić information content (AvgIpc) is 3.29. The van der Waals surface area contributed by atoms with Crippen molar-refractivity contribution in [2.45, 2.75) is 50.2 Å². The van der Waals surface area contributed by atoms with Gasteiger partial charge in [0.15, 0.2) is 5.65 Å². The van der Waals surface area contributed by atoms with Gasteiger partial charge in [-0.25, -0.2) is 15.0 Å². The lowest BCUT2D eigenvalue weighted by molar-refractivity contribution is 0.410. The molecule has 1 atom stereocenters. The number of aromatic amines is 1. The zero-order chi connectivity index (χ0) is 24.2. The average molecular weight is 529 g/mol. The lowest BCUT2D eigenvalue weighted by Gasteiger charge is -2.26. The SMILES string of the molecule is Cl.NCCC(Nc1nccc(-c2[nH]nc3nc(NC4CCC(N)CC4)ncc23)n1)c1cccc(Cl)c1. The number of H-pyrrole nitrogens is 1. The maximum Gasteiger partial charge on any atom is 0.224 e. The highest BCUT2D eigenvalue weighted by molar-refractivity contribution is 6.30. The molecule has 1 aliphatic rings. The Labute approximate surface area is 220 Å². The van der Waals surface area contributed by atoms with Crippen LogP contribution in [0.25, 0.3) is 22.4 Å². The van der Waals surface area contributed by atoms with Gasteiger partial charge in [0.1, 0.15) is 0 Å². The molecule has 0 bridgehead atoms. The summed E-state index contributed by atoms with van der Waals surface area (Å²) in [4.78, 5) is 18.2. The molecule has 1 aromatic carbocycles.